The van der Waals surface area contributed by atoms with E-state index in [4.69, 9.17) is 4.42 Å². The minimum Gasteiger partial charge on any atom is -0.456 e. The second-order valence-electron chi connectivity index (χ2n) is 19.7. The van der Waals surface area contributed by atoms with Crippen molar-refractivity contribution < 1.29 is 4.42 Å². The van der Waals surface area contributed by atoms with Gasteiger partial charge in [0.1, 0.15) is 11.2 Å². The van der Waals surface area contributed by atoms with Crippen LogP contribution in [0.4, 0.5) is 34.1 Å². The van der Waals surface area contributed by atoms with E-state index >= 15 is 0 Å². The summed E-state index contributed by atoms with van der Waals surface area (Å²) in [6, 6.07) is 52.0. The van der Waals surface area contributed by atoms with Crippen molar-refractivity contribution in [1.82, 2.24) is 0 Å². The summed E-state index contributed by atoms with van der Waals surface area (Å²) < 4.78 is 9.10. The highest BCUT2D eigenvalue weighted by atomic mass is 127. The minimum atomic E-state index is -0.0705. The van der Waals surface area contributed by atoms with Crippen molar-refractivity contribution in [2.24, 2.45) is 0 Å². The summed E-state index contributed by atoms with van der Waals surface area (Å²) in [7, 11) is 0. The highest BCUT2D eigenvalue weighted by Gasteiger charge is 2.37. The lowest BCUT2D eigenvalue weighted by Crippen LogP contribution is -2.18. The van der Waals surface area contributed by atoms with Crippen LogP contribution in [0.3, 0.4) is 0 Å². The minimum absolute atomic E-state index is 0.0200. The number of aryl methyl sites for hydroxylation is 1. The van der Waals surface area contributed by atoms with Gasteiger partial charge in [-0.25, -0.2) is 0 Å². The Labute approximate surface area is 384 Å². The first kappa shape index (κ1) is 40.7. The predicted octanol–water partition coefficient (Wildman–Crippen LogP) is 17.9. The number of halogens is 1. The molecule has 0 aliphatic heterocycles. The van der Waals surface area contributed by atoms with Gasteiger partial charge in [-0.05, 0) is 152 Å². The molecule has 310 valence electrons. The largest absolute Gasteiger partial charge is 0.456 e. The van der Waals surface area contributed by atoms with Crippen LogP contribution in [0.15, 0.2) is 144 Å². The maximum atomic E-state index is 6.53. The molecule has 62 heavy (non-hydrogen) atoms. The van der Waals surface area contributed by atoms with Gasteiger partial charge in [-0.15, -0.1) is 11.3 Å². The molecule has 7 aromatic carbocycles. The lowest BCUT2D eigenvalue weighted by molar-refractivity contribution is 0.589. The Morgan fingerprint density at radius 3 is 1.90 bits per heavy atom. The molecule has 5 heteroatoms. The molecule has 0 saturated carbocycles. The third-order valence-electron chi connectivity index (χ3n) is 13.2. The van der Waals surface area contributed by atoms with Crippen molar-refractivity contribution in [3.8, 4) is 11.1 Å². The van der Waals surface area contributed by atoms with Crippen LogP contribution < -0.4 is 9.80 Å². The first-order valence-electron chi connectivity index (χ1n) is 21.7. The average molecular weight is 941 g/mol. The highest BCUT2D eigenvalue weighted by Crippen LogP contribution is 2.55. The number of benzene rings is 7. The molecule has 1 aliphatic rings. The molecule has 0 N–H and O–H groups in total. The predicted molar refractivity (Wildman–Crippen MR) is 276 cm³/mol. The van der Waals surface area contributed by atoms with E-state index in [-0.39, 0.29) is 16.2 Å². The molecule has 0 unspecified atom stereocenters. The molecule has 0 spiro atoms. The van der Waals surface area contributed by atoms with E-state index in [1.165, 1.54) is 63.2 Å². The molecule has 0 radical (unpaired) electrons. The fraction of sp³-hybridized carbons (Fsp3) is 0.228. The maximum Gasteiger partial charge on any atom is 0.137 e. The highest BCUT2D eigenvalue weighted by molar-refractivity contribution is 14.1. The zero-order valence-corrected chi connectivity index (χ0v) is 40.3. The summed E-state index contributed by atoms with van der Waals surface area (Å²) in [6.07, 6.45) is 0. The summed E-state index contributed by atoms with van der Waals surface area (Å²) in [6.45, 7) is 23.0. The second-order valence-corrected chi connectivity index (χ2v) is 22.5. The Balaban J connectivity index is 1.24. The van der Waals surface area contributed by atoms with Gasteiger partial charge >= 0.3 is 0 Å². The maximum absolute atomic E-state index is 6.53. The van der Waals surface area contributed by atoms with E-state index in [1.807, 2.05) is 11.3 Å². The van der Waals surface area contributed by atoms with Crippen molar-refractivity contribution in [2.75, 3.05) is 9.80 Å². The first-order chi connectivity index (χ1) is 29.5. The summed E-state index contributed by atoms with van der Waals surface area (Å²) in [5, 5.41) is 3.49. The topological polar surface area (TPSA) is 19.6 Å². The number of para-hydroxylation sites is 1. The first-order valence-corrected chi connectivity index (χ1v) is 23.6. The van der Waals surface area contributed by atoms with Crippen molar-refractivity contribution in [3.63, 3.8) is 0 Å². The standard InChI is InChI=1S/C57H53IN2OS/c1-34-31-37(56(6,7)8)27-30-45(34)60(48-22-16-24-50-52(48)40-18-12-14-23-49(40)61-50)47-21-15-20-46(35(47)2)59(38-28-25-36(26-29-38)55(3,4)5)53-42-32-41-39-17-11-13-19-43(39)57(9,10)44(41)33-51(42)62-54(53)58/h11-33H,1-10H3. The molecular weight excluding hydrogens is 888 g/mol. The third-order valence-corrected chi connectivity index (χ3v) is 15.3. The lowest BCUT2D eigenvalue weighted by atomic mass is 9.82. The van der Waals surface area contributed by atoms with Gasteiger partial charge in [0, 0.05) is 32.3 Å². The Hall–Kier alpha value is -5.37. The fourth-order valence-corrected chi connectivity index (χ4v) is 11.9. The molecule has 10 rings (SSSR count). The van der Waals surface area contributed by atoms with Crippen molar-refractivity contribution in [1.29, 1.82) is 0 Å². The van der Waals surface area contributed by atoms with Crippen LogP contribution in [0, 0.1) is 16.7 Å². The molecule has 9 aromatic rings. The number of nitrogens with zero attached hydrogens (tertiary/aromatic N) is 2. The summed E-state index contributed by atoms with van der Waals surface area (Å²) >= 11 is 4.50. The molecule has 0 amide bonds. The van der Waals surface area contributed by atoms with Crippen molar-refractivity contribution in [2.45, 2.75) is 85.5 Å². The smallest absolute Gasteiger partial charge is 0.137 e. The molecular formula is C57H53IN2OS. The van der Waals surface area contributed by atoms with Crippen LogP contribution >= 0.6 is 33.9 Å². The molecule has 2 heterocycles. The lowest BCUT2D eigenvalue weighted by Gasteiger charge is -2.33. The van der Waals surface area contributed by atoms with Crippen LogP contribution in [-0.4, -0.2) is 0 Å². The molecule has 0 saturated heterocycles. The summed E-state index contributed by atoms with van der Waals surface area (Å²) in [5.41, 5.74) is 19.1. The molecule has 0 fully saturated rings. The van der Waals surface area contributed by atoms with Crippen LogP contribution in [-0.2, 0) is 16.2 Å². The second kappa shape index (κ2) is 14.6. The number of thiophene rings is 1. The molecule has 3 nitrogen and oxygen atoms in total. The van der Waals surface area contributed by atoms with Crippen LogP contribution in [0.1, 0.15) is 88.8 Å². The number of hydrogen-bond acceptors (Lipinski definition) is 4. The number of rotatable bonds is 6. The third kappa shape index (κ3) is 6.49. The zero-order chi connectivity index (χ0) is 43.5. The van der Waals surface area contributed by atoms with E-state index in [1.54, 1.807) is 0 Å². The fourth-order valence-electron chi connectivity index (χ4n) is 9.76. The van der Waals surface area contributed by atoms with Crippen LogP contribution in [0.2, 0.25) is 0 Å². The Morgan fingerprint density at radius 2 is 1.18 bits per heavy atom. The number of fused-ring (bicyclic) bond motifs is 7. The van der Waals surface area contributed by atoms with E-state index in [0.717, 1.165) is 50.4 Å². The van der Waals surface area contributed by atoms with Gasteiger partial charge in [0.05, 0.1) is 31.0 Å². The van der Waals surface area contributed by atoms with E-state index < -0.39 is 0 Å². The van der Waals surface area contributed by atoms with Crippen molar-refractivity contribution >= 4 is 100 Å². The summed E-state index contributed by atoms with van der Waals surface area (Å²) in [5.74, 6) is 0. The van der Waals surface area contributed by atoms with Crippen molar-refractivity contribution in [3.05, 3.63) is 176 Å². The van der Waals surface area contributed by atoms with Gasteiger partial charge in [0.25, 0.3) is 0 Å². The Bertz CT molecular complexity index is 3230. The van der Waals surface area contributed by atoms with Gasteiger partial charge in [0.2, 0.25) is 0 Å². The van der Waals surface area contributed by atoms with Gasteiger partial charge in [0.15, 0.2) is 0 Å². The molecule has 0 bridgehead atoms. The Kier molecular flexibility index (Phi) is 9.58. The van der Waals surface area contributed by atoms with Gasteiger partial charge in [-0.1, -0.05) is 134 Å². The normalized spacial score (nSPS) is 13.5. The van der Waals surface area contributed by atoms with E-state index in [0.29, 0.717) is 0 Å². The molecule has 1 aliphatic carbocycles. The number of hydrogen-bond donors (Lipinski definition) is 0. The zero-order valence-electron chi connectivity index (χ0n) is 37.4. The number of anilines is 6. The van der Waals surface area contributed by atoms with Crippen LogP contribution in [0.5, 0.6) is 0 Å². The molecule has 2 aromatic heterocycles. The van der Waals surface area contributed by atoms with E-state index in [9.17, 15) is 0 Å². The number of furan rings is 1. The van der Waals surface area contributed by atoms with Gasteiger partial charge < -0.3 is 14.2 Å². The quantitative estimate of drug-likeness (QED) is 0.155. The summed E-state index contributed by atoms with van der Waals surface area (Å²) in [4.78, 5) is 5.01. The Morgan fingerprint density at radius 1 is 0.548 bits per heavy atom. The molecule has 0 atom stereocenters. The SMILES string of the molecule is Cc1cc(C(C)(C)C)ccc1N(c1cccc(N(c2ccc(C(C)(C)C)cc2)c2c(I)sc3cc4c(cc23)-c2ccccc2C4(C)C)c1C)c1cccc2oc3ccccc3c12. The van der Waals surface area contributed by atoms with Gasteiger partial charge in [-0.3, -0.25) is 0 Å². The van der Waals surface area contributed by atoms with Crippen LogP contribution in [0.25, 0.3) is 43.2 Å². The monoisotopic (exact) mass is 940 g/mol. The van der Waals surface area contributed by atoms with Gasteiger partial charge in [-0.2, -0.15) is 0 Å². The van der Waals surface area contributed by atoms with E-state index in [2.05, 4.69) is 241 Å². The average Bonchev–Trinajstić information content (AvgIpc) is 3.85.